The minimum atomic E-state index is -2.85. The second-order valence-corrected chi connectivity index (χ2v) is 20.7. The number of fused-ring (bicyclic) bond motifs is 9. The van der Waals surface area contributed by atoms with Crippen LogP contribution in [0, 0.1) is 0 Å². The van der Waals surface area contributed by atoms with Gasteiger partial charge in [0, 0.05) is 49.4 Å². The van der Waals surface area contributed by atoms with Gasteiger partial charge in [0.15, 0.2) is 8.07 Å². The van der Waals surface area contributed by atoms with Crippen LogP contribution >= 0.6 is 0 Å². The van der Waals surface area contributed by atoms with Gasteiger partial charge in [-0.1, -0.05) is 176 Å². The van der Waals surface area contributed by atoms with Gasteiger partial charge in [-0.2, -0.15) is 0 Å². The Morgan fingerprint density at radius 2 is 0.484 bits per heavy atom. The lowest BCUT2D eigenvalue weighted by Crippen LogP contribution is -2.74. The van der Waals surface area contributed by atoms with E-state index in [4.69, 9.17) is 0 Å². The predicted molar refractivity (Wildman–Crippen MR) is 273 cm³/mol. The molecule has 0 saturated heterocycles. The van der Waals surface area contributed by atoms with Crippen molar-refractivity contribution in [2.45, 2.75) is 0 Å². The summed E-state index contributed by atoms with van der Waals surface area (Å²) in [6, 6.07) is 92.3. The van der Waals surface area contributed by atoms with Crippen LogP contribution in [-0.2, 0) is 0 Å². The first-order valence-corrected chi connectivity index (χ1v) is 24.1. The second-order valence-electron chi connectivity index (χ2n) is 16.9. The van der Waals surface area contributed by atoms with E-state index >= 15 is 0 Å². The van der Waals surface area contributed by atoms with Crippen LogP contribution in [0.3, 0.4) is 0 Å². The number of para-hydroxylation sites is 5. The van der Waals surface area contributed by atoms with Crippen molar-refractivity contribution in [1.82, 2.24) is 13.7 Å². The Morgan fingerprint density at radius 3 is 0.875 bits per heavy atom. The highest BCUT2D eigenvalue weighted by molar-refractivity contribution is 7.19. The molecular formula is C60H41N3Si. The van der Waals surface area contributed by atoms with Crippen molar-refractivity contribution in [3.05, 3.63) is 249 Å². The van der Waals surface area contributed by atoms with Crippen LogP contribution in [0.15, 0.2) is 249 Å². The fraction of sp³-hybridized carbons (Fsp3) is 0. The van der Waals surface area contributed by atoms with E-state index < -0.39 is 8.07 Å². The Bertz CT molecular complexity index is 3770. The van der Waals surface area contributed by atoms with Crippen molar-refractivity contribution in [3.63, 3.8) is 0 Å². The van der Waals surface area contributed by atoms with Gasteiger partial charge in [0.1, 0.15) is 0 Å². The molecule has 13 aromatic rings. The summed E-state index contributed by atoms with van der Waals surface area (Å²) in [4.78, 5) is 0. The Hall–Kier alpha value is -8.18. The van der Waals surface area contributed by atoms with Gasteiger partial charge in [0.25, 0.3) is 0 Å². The summed E-state index contributed by atoms with van der Waals surface area (Å²) in [5.74, 6) is 0. The van der Waals surface area contributed by atoms with Crippen LogP contribution in [0.5, 0.6) is 0 Å². The molecule has 10 aromatic carbocycles. The highest BCUT2D eigenvalue weighted by Gasteiger charge is 2.41. The van der Waals surface area contributed by atoms with E-state index in [2.05, 4.69) is 262 Å². The molecule has 0 fully saturated rings. The number of rotatable bonds is 7. The molecule has 300 valence electrons. The molecular weight excluding hydrogens is 791 g/mol. The Balaban J connectivity index is 1.02. The molecule has 0 unspecified atom stereocenters. The second kappa shape index (κ2) is 14.5. The summed E-state index contributed by atoms with van der Waals surface area (Å²) in [5.41, 5.74) is 10.7. The first kappa shape index (κ1) is 36.5. The van der Waals surface area contributed by atoms with Gasteiger partial charge in [0.2, 0.25) is 0 Å². The lowest BCUT2D eigenvalue weighted by Gasteiger charge is -2.34. The summed E-state index contributed by atoms with van der Waals surface area (Å²) in [6.07, 6.45) is 0. The normalized spacial score (nSPS) is 12.1. The smallest absolute Gasteiger partial charge is 0.179 e. The molecule has 0 saturated carbocycles. The largest absolute Gasteiger partial charge is 0.309 e. The zero-order valence-electron chi connectivity index (χ0n) is 35.0. The van der Waals surface area contributed by atoms with Crippen molar-refractivity contribution in [3.8, 4) is 17.1 Å². The number of hydrogen-bond donors (Lipinski definition) is 0. The van der Waals surface area contributed by atoms with Gasteiger partial charge in [-0.15, -0.1) is 0 Å². The Labute approximate surface area is 372 Å². The summed E-state index contributed by atoms with van der Waals surface area (Å²) in [6.45, 7) is 0. The maximum atomic E-state index is 2.47. The van der Waals surface area contributed by atoms with Gasteiger partial charge in [-0.3, -0.25) is 0 Å². The third kappa shape index (κ3) is 5.33. The first-order valence-electron chi connectivity index (χ1n) is 22.1. The van der Waals surface area contributed by atoms with Gasteiger partial charge < -0.3 is 13.7 Å². The third-order valence-corrected chi connectivity index (χ3v) is 18.4. The SMILES string of the molecule is c1ccc(-n2c3ccccc3c3cc4c5ccccc5n(-c5ccc([Si](c6ccccc6)(c6ccccc6)c6ccc(-n7c8ccccc8c8ccccc87)cc6)cc5)c4cc32)cc1. The molecule has 3 heterocycles. The lowest BCUT2D eigenvalue weighted by atomic mass is 10.1. The highest BCUT2D eigenvalue weighted by atomic mass is 28.3. The van der Waals surface area contributed by atoms with E-state index in [9.17, 15) is 0 Å². The predicted octanol–water partition coefficient (Wildman–Crippen LogP) is 12.4. The molecule has 0 spiro atoms. The van der Waals surface area contributed by atoms with Crippen LogP contribution in [0.1, 0.15) is 0 Å². The molecule has 13 rings (SSSR count). The van der Waals surface area contributed by atoms with E-state index in [1.807, 2.05) is 0 Å². The highest BCUT2D eigenvalue weighted by Crippen LogP contribution is 2.39. The summed E-state index contributed by atoms with van der Waals surface area (Å²) >= 11 is 0. The fourth-order valence-electron chi connectivity index (χ4n) is 10.9. The summed E-state index contributed by atoms with van der Waals surface area (Å²) < 4.78 is 7.30. The quantitative estimate of drug-likeness (QED) is 0.112. The van der Waals surface area contributed by atoms with Gasteiger partial charge in [0.05, 0.1) is 33.1 Å². The van der Waals surface area contributed by atoms with Gasteiger partial charge >= 0.3 is 0 Å². The van der Waals surface area contributed by atoms with Crippen molar-refractivity contribution >= 4 is 94.2 Å². The van der Waals surface area contributed by atoms with Gasteiger partial charge in [-0.25, -0.2) is 0 Å². The molecule has 64 heavy (non-hydrogen) atoms. The van der Waals surface area contributed by atoms with Crippen LogP contribution in [0.2, 0.25) is 0 Å². The molecule has 0 aliphatic rings. The van der Waals surface area contributed by atoms with Crippen molar-refractivity contribution in [2.75, 3.05) is 0 Å². The van der Waals surface area contributed by atoms with Crippen LogP contribution in [-0.4, -0.2) is 21.8 Å². The lowest BCUT2D eigenvalue weighted by molar-refractivity contribution is 1.17. The Morgan fingerprint density at radius 1 is 0.203 bits per heavy atom. The standard InChI is InChI=1S/C60H41N3Si/c1-4-18-42(19-5-1)62-57-30-16-12-26-51(57)53-40-54-52-27-13-17-31-58(52)63(60(54)41-59(53)62)44-34-38-48(39-35-44)64(45-20-6-2-7-21-45,46-22-8-3-9-23-46)47-36-32-43(33-37-47)61-55-28-14-10-24-49(55)50-25-11-15-29-56(50)61/h1-41H. The molecule has 4 heteroatoms. The molecule has 3 nitrogen and oxygen atoms in total. The van der Waals surface area contributed by atoms with Gasteiger partial charge in [-0.05, 0) is 93.5 Å². The maximum Gasteiger partial charge on any atom is 0.179 e. The monoisotopic (exact) mass is 831 g/mol. The minimum Gasteiger partial charge on any atom is -0.309 e. The molecule has 0 bridgehead atoms. The van der Waals surface area contributed by atoms with E-state index in [1.54, 1.807) is 0 Å². The van der Waals surface area contributed by atoms with E-state index in [-0.39, 0.29) is 0 Å². The number of hydrogen-bond acceptors (Lipinski definition) is 0. The molecule has 0 radical (unpaired) electrons. The van der Waals surface area contributed by atoms with Crippen molar-refractivity contribution in [2.24, 2.45) is 0 Å². The third-order valence-electron chi connectivity index (χ3n) is 13.6. The molecule has 0 aliphatic heterocycles. The number of benzene rings is 10. The Kier molecular flexibility index (Phi) is 8.23. The average molecular weight is 832 g/mol. The van der Waals surface area contributed by atoms with Crippen molar-refractivity contribution < 1.29 is 0 Å². The van der Waals surface area contributed by atoms with Crippen LogP contribution < -0.4 is 20.7 Å². The molecule has 3 aromatic heterocycles. The van der Waals surface area contributed by atoms with Crippen molar-refractivity contribution in [1.29, 1.82) is 0 Å². The average Bonchev–Trinajstić information content (AvgIpc) is 4.00. The number of nitrogens with zero attached hydrogens (tertiary/aromatic N) is 3. The zero-order valence-corrected chi connectivity index (χ0v) is 36.0. The van der Waals surface area contributed by atoms with E-state index in [0.717, 1.165) is 17.1 Å². The molecule has 0 aliphatic carbocycles. The minimum absolute atomic E-state index is 1.14. The number of aromatic nitrogens is 3. The summed E-state index contributed by atoms with van der Waals surface area (Å²) in [5, 5.41) is 13.0. The molecule has 0 atom stereocenters. The fourth-order valence-corrected chi connectivity index (χ4v) is 15.6. The molecule has 0 N–H and O–H groups in total. The first-order chi connectivity index (χ1) is 31.8. The van der Waals surface area contributed by atoms with E-state index in [1.165, 1.54) is 86.2 Å². The zero-order chi connectivity index (χ0) is 42.2. The van der Waals surface area contributed by atoms with Crippen LogP contribution in [0.25, 0.3) is 82.5 Å². The van der Waals surface area contributed by atoms with E-state index in [0.29, 0.717) is 0 Å². The molecule has 0 amide bonds. The topological polar surface area (TPSA) is 14.8 Å². The van der Waals surface area contributed by atoms with Crippen LogP contribution in [0.4, 0.5) is 0 Å². The summed E-state index contributed by atoms with van der Waals surface area (Å²) in [7, 11) is -2.85. The maximum absolute atomic E-state index is 2.85.